The van der Waals surface area contributed by atoms with Gasteiger partial charge >= 0.3 is 0 Å². The normalized spacial score (nSPS) is 11.0. The molecule has 0 saturated heterocycles. The number of allylic oxidation sites excluding steroid dienone is 1. The van der Waals surface area contributed by atoms with Gasteiger partial charge in [-0.05, 0) is 18.6 Å². The van der Waals surface area contributed by atoms with Crippen LogP contribution in [0.5, 0.6) is 0 Å². The number of aryl methyl sites for hydroxylation is 1. The van der Waals surface area contributed by atoms with Gasteiger partial charge in [-0.2, -0.15) is 4.57 Å². The fourth-order valence-electron chi connectivity index (χ4n) is 1.59. The van der Waals surface area contributed by atoms with Crippen LogP contribution in [0.25, 0.3) is 5.70 Å². The molecule has 2 rings (SSSR count). The van der Waals surface area contributed by atoms with Crippen LogP contribution in [0.2, 0.25) is 0 Å². The Kier molecular flexibility index (Phi) is 4.66. The predicted molar refractivity (Wildman–Crippen MR) is 62.1 cm³/mol. The van der Waals surface area contributed by atoms with Gasteiger partial charge in [0, 0.05) is 27.2 Å². The van der Waals surface area contributed by atoms with Crippen molar-refractivity contribution >= 4 is 5.70 Å². The SMILES string of the molecule is C/C=C(/c1[c-]cccc1)n1ccn(C)[cH+]1.[Ir]. The average molecular weight is 390 g/mol. The first-order chi connectivity index (χ1) is 7.31. The van der Waals surface area contributed by atoms with E-state index in [0.29, 0.717) is 0 Å². The van der Waals surface area contributed by atoms with Crippen molar-refractivity contribution < 1.29 is 20.1 Å². The average Bonchev–Trinajstić information content (AvgIpc) is 2.68. The van der Waals surface area contributed by atoms with E-state index in [1.807, 2.05) is 55.5 Å². The number of rotatable bonds is 2. The fourth-order valence-corrected chi connectivity index (χ4v) is 1.59. The molecule has 0 bridgehead atoms. The molecule has 16 heavy (non-hydrogen) atoms. The molecule has 3 heteroatoms. The zero-order valence-corrected chi connectivity index (χ0v) is 11.7. The minimum absolute atomic E-state index is 0. The Balaban J connectivity index is 0.00000128. The van der Waals surface area contributed by atoms with E-state index < -0.39 is 0 Å². The van der Waals surface area contributed by atoms with Gasteiger partial charge in [-0.25, -0.2) is 0 Å². The summed E-state index contributed by atoms with van der Waals surface area (Å²) in [4.78, 5) is 0. The Morgan fingerprint density at radius 1 is 1.38 bits per heavy atom. The van der Waals surface area contributed by atoms with Gasteiger partial charge in [-0.15, -0.1) is 30.3 Å². The molecule has 0 fully saturated rings. The van der Waals surface area contributed by atoms with Gasteiger partial charge in [0.25, 0.3) is 0 Å². The first-order valence-corrected chi connectivity index (χ1v) is 4.98. The third-order valence-electron chi connectivity index (χ3n) is 2.31. The molecule has 1 aromatic carbocycles. The molecule has 0 amide bonds. The molecule has 1 radical (unpaired) electrons. The minimum Gasteiger partial charge on any atom is -0.255 e. The molecule has 0 aliphatic heterocycles. The summed E-state index contributed by atoms with van der Waals surface area (Å²) in [6, 6.07) is 11.2. The Hall–Kier alpha value is -1.18. The molecular formula is C13H14IrN2. The van der Waals surface area contributed by atoms with Crippen LogP contribution in [0.1, 0.15) is 12.5 Å². The van der Waals surface area contributed by atoms with Crippen LogP contribution in [0, 0.1) is 6.07 Å². The topological polar surface area (TPSA) is 9.86 Å². The van der Waals surface area contributed by atoms with Gasteiger partial charge in [0.05, 0.1) is 0 Å². The maximum absolute atomic E-state index is 3.23. The second-order valence-corrected chi connectivity index (χ2v) is 3.44. The van der Waals surface area contributed by atoms with Gasteiger partial charge in [0.1, 0.15) is 18.1 Å². The van der Waals surface area contributed by atoms with Crippen LogP contribution < -0.4 is 0 Å². The van der Waals surface area contributed by atoms with Crippen molar-refractivity contribution in [2.75, 3.05) is 0 Å². The molecule has 2 aromatic rings. The Morgan fingerprint density at radius 3 is 2.69 bits per heavy atom. The third kappa shape index (κ3) is 2.69. The van der Waals surface area contributed by atoms with Crippen LogP contribution in [0.15, 0.2) is 49.1 Å². The van der Waals surface area contributed by atoms with E-state index >= 15 is 0 Å². The van der Waals surface area contributed by atoms with Gasteiger partial charge in [-0.1, -0.05) is 0 Å². The Morgan fingerprint density at radius 2 is 2.19 bits per heavy atom. The molecule has 0 atom stereocenters. The zero-order valence-electron chi connectivity index (χ0n) is 9.35. The quantitative estimate of drug-likeness (QED) is 0.698. The Bertz CT molecular complexity index is 472. The summed E-state index contributed by atoms with van der Waals surface area (Å²) >= 11 is 0. The van der Waals surface area contributed by atoms with Crippen molar-refractivity contribution in [2.45, 2.75) is 6.92 Å². The standard InChI is InChI=1S/C13H14N2.Ir/c1-3-13(12-7-5-4-6-8-12)15-10-9-14(2)11-15;/h3-7,9-11H,1-2H3;/b13-3-;. The molecule has 85 valence electrons. The van der Waals surface area contributed by atoms with Crippen LogP contribution in [0.4, 0.5) is 0 Å². The van der Waals surface area contributed by atoms with E-state index in [4.69, 9.17) is 0 Å². The van der Waals surface area contributed by atoms with Crippen LogP contribution in [-0.4, -0.2) is 9.13 Å². The molecule has 0 spiro atoms. The smallest absolute Gasteiger partial charge is 0.166 e. The molecule has 0 N–H and O–H groups in total. The first-order valence-electron chi connectivity index (χ1n) is 4.98. The van der Waals surface area contributed by atoms with Crippen LogP contribution >= 0.6 is 0 Å². The van der Waals surface area contributed by atoms with Crippen LogP contribution in [0.3, 0.4) is 0 Å². The van der Waals surface area contributed by atoms with E-state index in [1.54, 1.807) is 0 Å². The number of hydrogen-bond acceptors (Lipinski definition) is 0. The van der Waals surface area contributed by atoms with E-state index in [0.717, 1.165) is 11.3 Å². The van der Waals surface area contributed by atoms with E-state index in [2.05, 4.69) is 22.8 Å². The minimum atomic E-state index is 0. The second kappa shape index (κ2) is 5.78. The van der Waals surface area contributed by atoms with Gasteiger partial charge in [0.2, 0.25) is 0 Å². The van der Waals surface area contributed by atoms with Crippen molar-refractivity contribution in [2.24, 2.45) is 7.05 Å². The number of imidazole rings is 1. The molecule has 0 saturated carbocycles. The molecule has 0 aliphatic carbocycles. The van der Waals surface area contributed by atoms with Crippen molar-refractivity contribution in [3.05, 3.63) is 60.7 Å². The monoisotopic (exact) mass is 391 g/mol. The van der Waals surface area contributed by atoms with Gasteiger partial charge < -0.3 is 0 Å². The number of aromatic nitrogens is 2. The van der Waals surface area contributed by atoms with E-state index in [1.165, 1.54) is 0 Å². The molecular weight excluding hydrogens is 376 g/mol. The maximum atomic E-state index is 3.23. The van der Waals surface area contributed by atoms with Gasteiger partial charge in [-0.3, -0.25) is 4.57 Å². The Labute approximate surface area is 110 Å². The summed E-state index contributed by atoms with van der Waals surface area (Å²) in [5.41, 5.74) is 2.26. The molecule has 1 aromatic heterocycles. The summed E-state index contributed by atoms with van der Waals surface area (Å²) in [7, 11) is 2.01. The summed E-state index contributed by atoms with van der Waals surface area (Å²) in [5, 5.41) is 0. The van der Waals surface area contributed by atoms with Gasteiger partial charge in [0.15, 0.2) is 6.33 Å². The molecule has 0 unspecified atom stereocenters. The van der Waals surface area contributed by atoms with Crippen molar-refractivity contribution in [1.82, 2.24) is 9.13 Å². The molecule has 0 aliphatic rings. The van der Waals surface area contributed by atoms with Crippen molar-refractivity contribution in [1.29, 1.82) is 0 Å². The van der Waals surface area contributed by atoms with Crippen molar-refractivity contribution in [3.63, 3.8) is 0 Å². The maximum Gasteiger partial charge on any atom is 0.166 e. The fraction of sp³-hybridized carbons (Fsp3) is 0.154. The number of hydrogen-bond donors (Lipinski definition) is 0. The first kappa shape index (κ1) is 12.9. The summed E-state index contributed by atoms with van der Waals surface area (Å²) in [6.45, 7) is 2.04. The number of benzene rings is 1. The van der Waals surface area contributed by atoms with Crippen LogP contribution in [-0.2, 0) is 27.2 Å². The second-order valence-electron chi connectivity index (χ2n) is 3.44. The summed E-state index contributed by atoms with van der Waals surface area (Å²) in [6.07, 6.45) is 8.19. The number of nitrogens with zero attached hydrogens (tertiary/aromatic N) is 2. The van der Waals surface area contributed by atoms with Crippen molar-refractivity contribution in [3.8, 4) is 0 Å². The van der Waals surface area contributed by atoms with E-state index in [-0.39, 0.29) is 20.1 Å². The zero-order chi connectivity index (χ0) is 10.7. The summed E-state index contributed by atoms with van der Waals surface area (Å²) < 4.78 is 4.11. The summed E-state index contributed by atoms with van der Waals surface area (Å²) in [5.74, 6) is 0. The largest absolute Gasteiger partial charge is 0.255 e. The molecule has 1 heterocycles. The molecule has 2 nitrogen and oxygen atoms in total. The third-order valence-corrected chi connectivity index (χ3v) is 2.31. The predicted octanol–water partition coefficient (Wildman–Crippen LogP) is 2.81. The van der Waals surface area contributed by atoms with E-state index in [9.17, 15) is 0 Å².